The van der Waals surface area contributed by atoms with Crippen LogP contribution in [0.5, 0.6) is 17.2 Å². The van der Waals surface area contributed by atoms with Crippen molar-refractivity contribution in [3.8, 4) is 17.2 Å². The molecule has 0 unspecified atom stereocenters. The van der Waals surface area contributed by atoms with Gasteiger partial charge in [0.05, 0.1) is 5.39 Å². The molecule has 0 spiro atoms. The first-order valence-electron chi connectivity index (χ1n) is 9.82. The number of benzene rings is 2. The topological polar surface area (TPSA) is 66.2 Å². The van der Waals surface area contributed by atoms with Crippen LogP contribution in [0.4, 0.5) is 5.69 Å². The normalized spacial score (nSPS) is 15.1. The Balaban J connectivity index is 1.86. The summed E-state index contributed by atoms with van der Waals surface area (Å²) in [7, 11) is 2.08. The Morgan fingerprint density at radius 1 is 1.00 bits per heavy atom. The molecular weight excluding hydrogens is 368 g/mol. The SMILES string of the molecule is Cc1ccc(Oc2cc(O)cc3oc(=O)c(N4CCN(C)CC4)c(C)c23)c(C)c1. The third-order valence-corrected chi connectivity index (χ3v) is 5.55. The number of rotatable bonds is 3. The number of nitrogens with zero attached hydrogens (tertiary/aromatic N) is 2. The number of phenolic OH excluding ortho intramolecular Hbond substituents is 1. The molecule has 0 saturated carbocycles. The molecule has 4 rings (SSSR count). The molecule has 2 heterocycles. The van der Waals surface area contributed by atoms with E-state index in [1.165, 1.54) is 6.07 Å². The second kappa shape index (κ2) is 7.44. The molecule has 1 fully saturated rings. The molecule has 0 amide bonds. The summed E-state index contributed by atoms with van der Waals surface area (Å²) < 4.78 is 11.8. The lowest BCUT2D eigenvalue weighted by molar-refractivity contribution is 0.311. The lowest BCUT2D eigenvalue weighted by atomic mass is 10.1. The molecule has 152 valence electrons. The van der Waals surface area contributed by atoms with Crippen molar-refractivity contribution in [2.75, 3.05) is 38.1 Å². The minimum Gasteiger partial charge on any atom is -0.508 e. The molecule has 3 aromatic rings. The maximum Gasteiger partial charge on any atom is 0.360 e. The average Bonchev–Trinajstić information content (AvgIpc) is 2.65. The maximum atomic E-state index is 12.8. The Kier molecular flexibility index (Phi) is 4.96. The van der Waals surface area contributed by atoms with E-state index in [-0.39, 0.29) is 11.4 Å². The van der Waals surface area contributed by atoms with Crippen LogP contribution in [0.15, 0.2) is 39.5 Å². The van der Waals surface area contributed by atoms with Gasteiger partial charge >= 0.3 is 5.63 Å². The summed E-state index contributed by atoms with van der Waals surface area (Å²) in [4.78, 5) is 17.1. The van der Waals surface area contributed by atoms with Crippen LogP contribution < -0.4 is 15.3 Å². The van der Waals surface area contributed by atoms with Crippen molar-refractivity contribution in [1.82, 2.24) is 4.90 Å². The Hall–Kier alpha value is -2.99. The predicted octanol–water partition coefficient (Wildman–Crippen LogP) is 3.97. The molecule has 0 aliphatic carbocycles. The van der Waals surface area contributed by atoms with Gasteiger partial charge in [0.25, 0.3) is 0 Å². The van der Waals surface area contributed by atoms with E-state index in [9.17, 15) is 9.90 Å². The van der Waals surface area contributed by atoms with Crippen molar-refractivity contribution < 1.29 is 14.3 Å². The minimum atomic E-state index is -0.386. The summed E-state index contributed by atoms with van der Waals surface area (Å²) in [6.07, 6.45) is 0. The van der Waals surface area contributed by atoms with E-state index in [1.807, 2.05) is 39.0 Å². The van der Waals surface area contributed by atoms with E-state index < -0.39 is 0 Å². The molecule has 0 radical (unpaired) electrons. The quantitative estimate of drug-likeness (QED) is 0.678. The van der Waals surface area contributed by atoms with E-state index in [1.54, 1.807) is 6.07 Å². The largest absolute Gasteiger partial charge is 0.508 e. The predicted molar refractivity (Wildman–Crippen MR) is 115 cm³/mol. The third kappa shape index (κ3) is 3.68. The first-order valence-corrected chi connectivity index (χ1v) is 9.82. The van der Waals surface area contributed by atoms with Gasteiger partial charge < -0.3 is 24.1 Å². The Bertz CT molecular complexity index is 1130. The van der Waals surface area contributed by atoms with Crippen LogP contribution in [0.25, 0.3) is 11.0 Å². The van der Waals surface area contributed by atoms with Gasteiger partial charge in [0.2, 0.25) is 0 Å². The first kappa shape index (κ1) is 19.3. The van der Waals surface area contributed by atoms with Gasteiger partial charge in [0.1, 0.15) is 28.5 Å². The Morgan fingerprint density at radius 2 is 1.72 bits per heavy atom. The van der Waals surface area contributed by atoms with Gasteiger partial charge in [0.15, 0.2) is 0 Å². The monoisotopic (exact) mass is 394 g/mol. The number of aryl methyl sites for hydroxylation is 3. The van der Waals surface area contributed by atoms with E-state index in [0.29, 0.717) is 28.2 Å². The fraction of sp³-hybridized carbons (Fsp3) is 0.348. The average molecular weight is 394 g/mol. The van der Waals surface area contributed by atoms with E-state index in [0.717, 1.165) is 42.9 Å². The summed E-state index contributed by atoms with van der Waals surface area (Å²) in [6, 6.07) is 8.98. The van der Waals surface area contributed by atoms with Crippen molar-refractivity contribution in [1.29, 1.82) is 0 Å². The van der Waals surface area contributed by atoms with Crippen LogP contribution in [-0.4, -0.2) is 43.2 Å². The van der Waals surface area contributed by atoms with Gasteiger partial charge in [-0.15, -0.1) is 0 Å². The number of ether oxygens (including phenoxy) is 1. The summed E-state index contributed by atoms with van der Waals surface area (Å²) >= 11 is 0. The zero-order chi connectivity index (χ0) is 20.7. The number of aromatic hydroxyl groups is 1. The number of anilines is 1. The van der Waals surface area contributed by atoms with Gasteiger partial charge in [-0.25, -0.2) is 4.79 Å². The van der Waals surface area contributed by atoms with Crippen molar-refractivity contribution in [3.63, 3.8) is 0 Å². The summed E-state index contributed by atoms with van der Waals surface area (Å²) in [6.45, 7) is 9.23. The minimum absolute atomic E-state index is 0.00726. The maximum absolute atomic E-state index is 12.8. The molecule has 1 aliphatic heterocycles. The molecule has 1 N–H and O–H groups in total. The highest BCUT2D eigenvalue weighted by molar-refractivity contribution is 5.91. The second-order valence-electron chi connectivity index (χ2n) is 7.84. The van der Waals surface area contributed by atoms with E-state index >= 15 is 0 Å². The number of hydrogen-bond donors (Lipinski definition) is 1. The molecule has 0 bridgehead atoms. The lowest BCUT2D eigenvalue weighted by Crippen LogP contribution is -2.46. The molecular formula is C23H26N2O4. The number of fused-ring (bicyclic) bond motifs is 1. The third-order valence-electron chi connectivity index (χ3n) is 5.55. The standard InChI is InChI=1S/C23H26N2O4/c1-14-5-6-18(15(2)11-14)28-19-12-17(26)13-20-21(19)16(3)22(23(27)29-20)25-9-7-24(4)8-10-25/h5-6,11-13,26H,7-10H2,1-4H3. The van der Waals surface area contributed by atoms with Crippen LogP contribution in [0, 0.1) is 20.8 Å². The molecule has 1 aliphatic rings. The van der Waals surface area contributed by atoms with Gasteiger partial charge in [-0.2, -0.15) is 0 Å². The van der Waals surface area contributed by atoms with E-state index in [4.69, 9.17) is 9.15 Å². The summed E-state index contributed by atoms with van der Waals surface area (Å²) in [5.74, 6) is 1.17. The molecule has 29 heavy (non-hydrogen) atoms. The van der Waals surface area contributed by atoms with Crippen LogP contribution in [0.1, 0.15) is 16.7 Å². The van der Waals surface area contributed by atoms with Gasteiger partial charge in [-0.1, -0.05) is 17.7 Å². The molecule has 6 heteroatoms. The molecule has 6 nitrogen and oxygen atoms in total. The molecule has 0 atom stereocenters. The van der Waals surface area contributed by atoms with Crippen LogP contribution in [0.3, 0.4) is 0 Å². The lowest BCUT2D eigenvalue weighted by Gasteiger charge is -2.34. The van der Waals surface area contributed by atoms with Crippen LogP contribution >= 0.6 is 0 Å². The van der Waals surface area contributed by atoms with Crippen molar-refractivity contribution in [2.45, 2.75) is 20.8 Å². The smallest absolute Gasteiger partial charge is 0.360 e. The molecule has 1 saturated heterocycles. The fourth-order valence-corrected chi connectivity index (χ4v) is 3.95. The van der Waals surface area contributed by atoms with Gasteiger partial charge in [0, 0.05) is 38.3 Å². The fourth-order valence-electron chi connectivity index (χ4n) is 3.95. The van der Waals surface area contributed by atoms with Crippen molar-refractivity contribution in [2.24, 2.45) is 0 Å². The Labute approximate surface area is 169 Å². The zero-order valence-electron chi connectivity index (χ0n) is 17.3. The highest BCUT2D eigenvalue weighted by Crippen LogP contribution is 2.38. The van der Waals surface area contributed by atoms with Gasteiger partial charge in [-0.05, 0) is 45.0 Å². The highest BCUT2D eigenvalue weighted by Gasteiger charge is 2.23. The van der Waals surface area contributed by atoms with Crippen LogP contribution in [0.2, 0.25) is 0 Å². The number of piperazine rings is 1. The molecule has 1 aromatic heterocycles. The number of hydrogen-bond acceptors (Lipinski definition) is 6. The Morgan fingerprint density at radius 3 is 2.41 bits per heavy atom. The number of likely N-dealkylation sites (N-methyl/N-ethyl adjacent to an activating group) is 1. The molecule has 2 aromatic carbocycles. The summed E-state index contributed by atoms with van der Waals surface area (Å²) in [5.41, 5.74) is 3.46. The number of phenols is 1. The van der Waals surface area contributed by atoms with Gasteiger partial charge in [-0.3, -0.25) is 0 Å². The summed E-state index contributed by atoms with van der Waals surface area (Å²) in [5, 5.41) is 10.9. The van der Waals surface area contributed by atoms with E-state index in [2.05, 4.69) is 16.8 Å². The highest BCUT2D eigenvalue weighted by atomic mass is 16.5. The zero-order valence-corrected chi connectivity index (χ0v) is 17.3. The van der Waals surface area contributed by atoms with Crippen molar-refractivity contribution in [3.05, 3.63) is 57.4 Å². The van der Waals surface area contributed by atoms with Crippen LogP contribution in [-0.2, 0) is 0 Å². The second-order valence-corrected chi connectivity index (χ2v) is 7.84. The first-order chi connectivity index (χ1) is 13.8. The van der Waals surface area contributed by atoms with Crippen molar-refractivity contribution >= 4 is 16.7 Å².